The molecule has 15 atom stereocenters. The summed E-state index contributed by atoms with van der Waals surface area (Å²) in [6.07, 6.45) is 22.4. The fraction of sp³-hybridized carbons (Fsp3) is 0.630. The number of amides is 3. The number of aryl methyl sites for hydroxylation is 2. The highest BCUT2D eigenvalue weighted by Crippen LogP contribution is 2.40. The van der Waals surface area contributed by atoms with Gasteiger partial charge in [-0.05, 0) is 163 Å². The van der Waals surface area contributed by atoms with Crippen LogP contribution in [0.25, 0.3) is 33.4 Å². The smallest absolute Gasteiger partial charge is 0.329 e. The number of aliphatic hydroxyl groups excluding tert-OH is 1. The number of unbranched alkanes of at least 4 members (excludes halogenated alkanes) is 2. The van der Waals surface area contributed by atoms with Gasteiger partial charge in [-0.2, -0.15) is 10.1 Å². The predicted molar refractivity (Wildman–Crippen MR) is 514 cm³/mol. The highest BCUT2D eigenvalue weighted by atomic mass is 16.6. The first kappa shape index (κ1) is 107. The molecule has 12 rings (SSSR count). The van der Waals surface area contributed by atoms with E-state index in [1.807, 2.05) is 91.6 Å². The minimum Gasteiger partial charge on any atom is -0.460 e. The van der Waals surface area contributed by atoms with Crippen LogP contribution in [0.5, 0.6) is 0 Å². The number of nitrogens with zero attached hydrogens (tertiary/aromatic N) is 14. The first-order valence-electron chi connectivity index (χ1n) is 48.8. The fourth-order valence-corrected chi connectivity index (χ4v) is 18.8. The number of nitrogen functional groups attached to an aromatic ring is 2. The first-order chi connectivity index (χ1) is 65.9. The van der Waals surface area contributed by atoms with Crippen LogP contribution in [0.2, 0.25) is 0 Å². The summed E-state index contributed by atoms with van der Waals surface area (Å²) in [6.45, 7) is 26.4. The third-order valence-electron chi connectivity index (χ3n) is 27.2. The molecular weight excluding hydrogens is 1760 g/mol. The molecule has 37 nitrogen and oxygen atoms in total. The van der Waals surface area contributed by atoms with Crippen molar-refractivity contribution >= 4 is 98.7 Å². The van der Waals surface area contributed by atoms with Gasteiger partial charge in [0, 0.05) is 180 Å². The Hall–Kier alpha value is -10.8. The zero-order chi connectivity index (χ0) is 98.4. The summed E-state index contributed by atoms with van der Waals surface area (Å²) < 4.78 is 54.2. The van der Waals surface area contributed by atoms with E-state index in [9.17, 15) is 53.4 Å². The molecule has 6 aromatic rings. The van der Waals surface area contributed by atoms with Crippen LogP contribution in [0.1, 0.15) is 200 Å². The number of allylic oxidation sites excluding steroid dienone is 6. The van der Waals surface area contributed by atoms with Gasteiger partial charge in [-0.3, -0.25) is 38.4 Å². The van der Waals surface area contributed by atoms with E-state index in [4.69, 9.17) is 58.9 Å². The number of hydrogen-bond donors (Lipinski definition) is 5. The molecule has 2 bridgehead atoms. The molecule has 1 aromatic carbocycles. The van der Waals surface area contributed by atoms with Crippen LogP contribution < -0.4 is 26.6 Å². The van der Waals surface area contributed by atoms with Crippen molar-refractivity contribution in [2.75, 3.05) is 141 Å². The number of cyclic esters (lactones) is 1. The molecule has 5 fully saturated rings. The number of ether oxygens (including phenoxy) is 8. The molecule has 748 valence electrons. The average Bonchev–Trinajstić information content (AvgIpc) is 1.51. The van der Waals surface area contributed by atoms with Gasteiger partial charge in [0.25, 0.3) is 23.6 Å². The summed E-state index contributed by atoms with van der Waals surface area (Å²) >= 11 is 0. The van der Waals surface area contributed by atoms with Gasteiger partial charge < -0.3 is 93.8 Å². The van der Waals surface area contributed by atoms with Gasteiger partial charge in [-0.15, -0.1) is 0 Å². The maximum Gasteiger partial charge on any atom is 0.329 e. The lowest BCUT2D eigenvalue weighted by Gasteiger charge is -2.42. The van der Waals surface area contributed by atoms with Crippen LogP contribution in [-0.4, -0.2) is 297 Å². The fourth-order valence-electron chi connectivity index (χ4n) is 18.8. The molecule has 37 heteroatoms. The number of nitrogens with one attached hydrogen (secondary N) is 1. The minimum absolute atomic E-state index is 0.000775. The number of oxazole rings is 1. The molecule has 1 aliphatic carbocycles. The van der Waals surface area contributed by atoms with Crippen molar-refractivity contribution in [1.82, 2.24) is 64.7 Å². The summed E-state index contributed by atoms with van der Waals surface area (Å²) in [5, 5.41) is 32.0. The largest absolute Gasteiger partial charge is 0.460 e. The predicted octanol–water partition coefficient (Wildman–Crippen LogP) is 9.93. The number of benzene rings is 1. The van der Waals surface area contributed by atoms with Gasteiger partial charge in [0.15, 0.2) is 17.0 Å². The standard InChI is InChI=1S/C67H101N5O16.C33H42N12O4/c1-12-85-33-27-58(74)70-29-31-71(32-30-70)66-68-40-50(41-69-66)23-26-59(75)86-54-25-22-49(37-57(54)83-10)36-45(5)56-39-53(73)44(4)35-47(7)61(77)62(84-11)60(76)46(6)34-42(2)18-14-13-15-19-43(3)55(82-9)38-51-24-21-48(8)67(81,88-51)63(78)64(79)72-28-17-16-20-52(72)65(80)87-56;1-2-43-12-14-44(15-13-43)33-37-19-23(20-38-33)31(47)36-10-17-48-16-9-24(46)6-4-3-5-11-45-30-27(29(34)39-21-40-30)28(42-45)22-7-8-26-25(18-22)41-32(35)49-26/h13-15,18-19,35,40-42,44-46,48-49,51-52,54-57,61-62,77,81H,12,16-17,20-34,36-39H2,1-11H3;7-8,18-21H,2-6,9-17H2,1H3,(H2,35,41)(H,36,47)(H2,34,39,40)/b15-13+,18-14+,43-19+,47-35+;/t42-,44-,45-,46-,48-,49+,51+,52+,54-,55+,56+,57-,61-,62+,67-;/m1./s1. The topological polar surface area (TPSA) is 469 Å². The normalized spacial score (nSPS) is 26.7. The van der Waals surface area contributed by atoms with Crippen molar-refractivity contribution in [3.05, 3.63) is 108 Å². The number of carbonyl (C=O) groups excluding carboxylic acids is 9. The zero-order valence-corrected chi connectivity index (χ0v) is 81.8. The lowest BCUT2D eigenvalue weighted by molar-refractivity contribution is -0.265. The lowest BCUT2D eigenvalue weighted by Crippen LogP contribution is -2.61. The van der Waals surface area contributed by atoms with Crippen molar-refractivity contribution in [3.63, 3.8) is 0 Å². The van der Waals surface area contributed by atoms with Crippen molar-refractivity contribution in [2.24, 2.45) is 35.5 Å². The Morgan fingerprint density at radius 2 is 1.45 bits per heavy atom. The van der Waals surface area contributed by atoms with Crippen molar-refractivity contribution < 1.29 is 95.7 Å². The second-order valence-electron chi connectivity index (χ2n) is 37.2. The maximum absolute atomic E-state index is 14.7. The molecule has 5 aliphatic heterocycles. The van der Waals surface area contributed by atoms with Crippen molar-refractivity contribution in [2.45, 2.75) is 252 Å². The van der Waals surface area contributed by atoms with Crippen LogP contribution in [0, 0.1) is 35.5 Å². The molecular formula is C100H143N17O20. The number of ketones is 4. The van der Waals surface area contributed by atoms with E-state index < -0.39 is 95.9 Å². The maximum atomic E-state index is 14.7. The van der Waals surface area contributed by atoms with Gasteiger partial charge in [0.1, 0.15) is 65.4 Å². The molecule has 1 saturated carbocycles. The highest BCUT2D eigenvalue weighted by molar-refractivity contribution is 6.39. The van der Waals surface area contributed by atoms with Crippen LogP contribution in [0.15, 0.2) is 101 Å². The number of likely N-dealkylation sites (N-methyl/N-ethyl adjacent to an activating group) is 1. The number of anilines is 4. The number of aromatic nitrogens is 9. The van der Waals surface area contributed by atoms with Crippen molar-refractivity contribution in [1.29, 1.82) is 0 Å². The third-order valence-corrected chi connectivity index (χ3v) is 27.2. The lowest BCUT2D eigenvalue weighted by atomic mass is 9.78. The number of rotatable bonds is 31. The van der Waals surface area contributed by atoms with Gasteiger partial charge in [-0.1, -0.05) is 84.4 Å². The molecule has 0 spiro atoms. The summed E-state index contributed by atoms with van der Waals surface area (Å²) in [5.41, 5.74) is 17.7. The number of methoxy groups -OCH3 is 3. The highest BCUT2D eigenvalue weighted by Gasteiger charge is 2.53. The van der Waals surface area contributed by atoms with Gasteiger partial charge in [0.05, 0.1) is 55.5 Å². The molecule has 6 aliphatic rings. The molecule has 4 saturated heterocycles. The third kappa shape index (κ3) is 29.7. The Bertz CT molecular complexity index is 5130. The Morgan fingerprint density at radius 1 is 0.723 bits per heavy atom. The Balaban J connectivity index is 0.000000308. The SMILES string of the molecule is CCN1CCN(c2ncc(C(=O)NCCOCCC(=O)CCCCCn3nc(-c4ccc5oc(N)nc5c4)c4c(N)ncnc43)cn2)CC1.CCOCCC(=O)N1CCN(c2ncc(CCC(=O)O[C@@H]3CC[C@@H](C[C@@H](C)[C@@H]4CC(=O)[C@H](C)/C=C(\C)[C@@H](O)[C@@H](OC)C(=O)[C@H](C)C[C@H](C)/C=C/C=C/C=C(\C)[C@@H](OC)C[C@@H]5CC[C@@H](C)[C@@](O)(O5)C(=O)C(=O)N5CCCC[C@H]5C(=O)O4)C[C@H]3OC)cn2)CC1. The summed E-state index contributed by atoms with van der Waals surface area (Å²) in [6, 6.07) is 4.43. The quantitative estimate of drug-likeness (QED) is 0.0117. The Morgan fingerprint density at radius 3 is 2.15 bits per heavy atom. The zero-order valence-electron chi connectivity index (χ0n) is 81.8. The monoisotopic (exact) mass is 1900 g/mol. The van der Waals surface area contributed by atoms with Crippen LogP contribution in [-0.2, 0) is 89.2 Å². The number of esters is 2. The second kappa shape index (κ2) is 52.3. The Kier molecular flexibility index (Phi) is 40.7. The number of aliphatic hydroxyl groups is 2. The summed E-state index contributed by atoms with van der Waals surface area (Å²) in [7, 11) is 4.52. The molecule has 0 radical (unpaired) electrons. The van der Waals surface area contributed by atoms with E-state index in [0.717, 1.165) is 68.7 Å². The van der Waals surface area contributed by atoms with E-state index in [-0.39, 0.29) is 78.8 Å². The number of carbonyl (C=O) groups is 9. The Labute approximate surface area is 802 Å². The van der Waals surface area contributed by atoms with E-state index in [2.05, 4.69) is 56.9 Å². The van der Waals surface area contributed by atoms with Gasteiger partial charge in [0.2, 0.25) is 23.6 Å². The average molecular weight is 1900 g/mol. The minimum atomic E-state index is -2.47. The number of fused-ring (bicyclic) bond motifs is 5. The van der Waals surface area contributed by atoms with E-state index in [1.165, 1.54) is 18.3 Å². The first-order valence-corrected chi connectivity index (χ1v) is 48.8. The second-order valence-corrected chi connectivity index (χ2v) is 37.2. The molecule has 7 N–H and O–H groups in total. The molecule has 10 heterocycles. The van der Waals surface area contributed by atoms with Crippen molar-refractivity contribution in [3.8, 4) is 11.3 Å². The van der Waals surface area contributed by atoms with Crippen LogP contribution in [0.3, 0.4) is 0 Å². The number of piperidine rings is 1. The van der Waals surface area contributed by atoms with Gasteiger partial charge in [-0.25, -0.2) is 39.4 Å². The molecule has 3 amide bonds. The molecule has 5 aromatic heterocycles. The van der Waals surface area contributed by atoms with Gasteiger partial charge >= 0.3 is 11.9 Å². The summed E-state index contributed by atoms with van der Waals surface area (Å²) in [4.78, 5) is 163. The van der Waals surface area contributed by atoms with E-state index >= 15 is 0 Å². The molecule has 137 heavy (non-hydrogen) atoms. The number of nitrogens with two attached hydrogens (primary N) is 2. The number of piperazine rings is 2. The van der Waals surface area contributed by atoms with E-state index in [1.54, 1.807) is 71.9 Å². The summed E-state index contributed by atoms with van der Waals surface area (Å²) in [5.74, 6) is -7.37. The number of Topliss-reactive ketones (excluding diaryl/α,β-unsaturated/α-hetero) is 4. The van der Waals surface area contributed by atoms with E-state index in [0.29, 0.717) is 212 Å². The molecule has 0 unspecified atom stereocenters. The van der Waals surface area contributed by atoms with Crippen LogP contribution >= 0.6 is 0 Å². The van der Waals surface area contributed by atoms with Crippen LogP contribution in [0.4, 0.5) is 23.7 Å². The number of hydrogen-bond acceptors (Lipinski definition) is 33.